The maximum atomic E-state index is 10.2. The lowest BCUT2D eigenvalue weighted by molar-refractivity contribution is 0.0974. The lowest BCUT2D eigenvalue weighted by Gasteiger charge is -2.42. The standard InChI is InChI=1S/C23H26Cl2N4O2/c1-14-21(26)23(13-31-14)5-8-28(9-6-23)18-11-15(12-30)19(22-27-7-10-29(18)22)16-3-2-4-17(24)20(16)25/h2-4,7,10-11,14,21,30H,5-6,8-9,12-13,26H2,1H3. The van der Waals surface area contributed by atoms with Crippen molar-refractivity contribution in [2.75, 3.05) is 24.6 Å². The van der Waals surface area contributed by atoms with Crippen LogP contribution < -0.4 is 10.6 Å². The van der Waals surface area contributed by atoms with Gasteiger partial charge in [-0.05, 0) is 37.5 Å². The van der Waals surface area contributed by atoms with Crippen LogP contribution in [0.3, 0.4) is 0 Å². The van der Waals surface area contributed by atoms with Crippen molar-refractivity contribution in [2.45, 2.75) is 38.5 Å². The zero-order valence-electron chi connectivity index (χ0n) is 17.4. The Bertz CT molecular complexity index is 1120. The maximum absolute atomic E-state index is 10.2. The molecule has 1 spiro atoms. The fraction of sp³-hybridized carbons (Fsp3) is 0.435. The number of benzene rings is 1. The van der Waals surface area contributed by atoms with Gasteiger partial charge in [0.2, 0.25) is 0 Å². The van der Waals surface area contributed by atoms with Crippen molar-refractivity contribution in [3.05, 3.63) is 52.3 Å². The first-order chi connectivity index (χ1) is 14.9. The van der Waals surface area contributed by atoms with Crippen molar-refractivity contribution in [3.8, 4) is 11.1 Å². The predicted octanol–water partition coefficient (Wildman–Crippen LogP) is 4.13. The second-order valence-corrected chi connectivity index (χ2v) is 9.46. The van der Waals surface area contributed by atoms with Crippen LogP contribution in [0.2, 0.25) is 10.0 Å². The first-order valence-electron chi connectivity index (χ1n) is 10.6. The summed E-state index contributed by atoms with van der Waals surface area (Å²) in [6.07, 6.45) is 5.78. The van der Waals surface area contributed by atoms with Crippen LogP contribution in [-0.2, 0) is 11.3 Å². The molecule has 3 N–H and O–H groups in total. The number of hydrogen-bond donors (Lipinski definition) is 2. The van der Waals surface area contributed by atoms with Crippen molar-refractivity contribution in [1.82, 2.24) is 9.38 Å². The molecule has 0 bridgehead atoms. The van der Waals surface area contributed by atoms with Gasteiger partial charge in [-0.1, -0.05) is 35.3 Å². The van der Waals surface area contributed by atoms with Gasteiger partial charge in [0.25, 0.3) is 0 Å². The number of pyridine rings is 1. The summed E-state index contributed by atoms with van der Waals surface area (Å²) in [7, 11) is 0. The molecule has 31 heavy (non-hydrogen) atoms. The van der Waals surface area contributed by atoms with E-state index in [0.717, 1.165) is 60.7 Å². The quantitative estimate of drug-likeness (QED) is 0.614. The van der Waals surface area contributed by atoms with Gasteiger partial charge in [0.05, 0.1) is 29.4 Å². The summed E-state index contributed by atoms with van der Waals surface area (Å²) in [5.74, 6) is 1.01. The van der Waals surface area contributed by atoms with Crippen molar-refractivity contribution >= 4 is 34.7 Å². The molecule has 8 heteroatoms. The number of nitrogens with zero attached hydrogens (tertiary/aromatic N) is 3. The first kappa shape index (κ1) is 21.0. The first-order valence-corrected chi connectivity index (χ1v) is 11.4. The van der Waals surface area contributed by atoms with Crippen molar-refractivity contribution in [3.63, 3.8) is 0 Å². The Kier molecular flexibility index (Phi) is 5.39. The molecule has 2 saturated heterocycles. The SMILES string of the molecule is CC1OCC2(CCN(c3cc(CO)c(-c4cccc(Cl)c4Cl)c4nccn34)CC2)C1N. The molecule has 2 atom stereocenters. The van der Waals surface area contributed by atoms with E-state index in [2.05, 4.69) is 21.2 Å². The Balaban J connectivity index is 1.55. The summed E-state index contributed by atoms with van der Waals surface area (Å²) in [6, 6.07) is 7.63. The molecule has 0 amide bonds. The number of rotatable bonds is 3. The molecule has 0 aliphatic carbocycles. The van der Waals surface area contributed by atoms with Gasteiger partial charge in [-0.15, -0.1) is 0 Å². The lowest BCUT2D eigenvalue weighted by atomic mass is 9.73. The number of aliphatic hydroxyl groups is 1. The number of halogens is 2. The third-order valence-corrected chi connectivity index (χ3v) is 7.88. The summed E-state index contributed by atoms with van der Waals surface area (Å²) >= 11 is 12.8. The summed E-state index contributed by atoms with van der Waals surface area (Å²) in [5.41, 5.74) is 9.63. The second kappa shape index (κ2) is 7.94. The van der Waals surface area contributed by atoms with Gasteiger partial charge >= 0.3 is 0 Å². The minimum absolute atomic E-state index is 0.0536. The highest BCUT2D eigenvalue weighted by Crippen LogP contribution is 2.43. The third kappa shape index (κ3) is 3.33. The average Bonchev–Trinajstić information content (AvgIpc) is 3.37. The number of nitrogens with two attached hydrogens (primary N) is 1. The molecule has 2 unspecified atom stereocenters. The van der Waals surface area contributed by atoms with Crippen LogP contribution >= 0.6 is 23.2 Å². The van der Waals surface area contributed by atoms with E-state index in [0.29, 0.717) is 10.0 Å². The van der Waals surface area contributed by atoms with Crippen LogP contribution in [0.15, 0.2) is 36.7 Å². The Labute approximate surface area is 191 Å². The van der Waals surface area contributed by atoms with E-state index >= 15 is 0 Å². The number of aromatic nitrogens is 2. The molecule has 3 aromatic rings. The predicted molar refractivity (Wildman–Crippen MR) is 124 cm³/mol. The molecule has 0 radical (unpaired) electrons. The van der Waals surface area contributed by atoms with E-state index in [-0.39, 0.29) is 24.2 Å². The molecule has 164 valence electrons. The van der Waals surface area contributed by atoms with Gasteiger partial charge in [0.1, 0.15) is 11.5 Å². The molecule has 5 rings (SSSR count). The van der Waals surface area contributed by atoms with Crippen molar-refractivity contribution < 1.29 is 9.84 Å². The third-order valence-electron chi connectivity index (χ3n) is 7.06. The van der Waals surface area contributed by atoms with Crippen molar-refractivity contribution in [1.29, 1.82) is 0 Å². The highest BCUT2D eigenvalue weighted by atomic mass is 35.5. The van der Waals surface area contributed by atoms with Gasteiger partial charge in [-0.25, -0.2) is 4.98 Å². The summed E-state index contributed by atoms with van der Waals surface area (Å²) in [4.78, 5) is 6.95. The second-order valence-electron chi connectivity index (χ2n) is 8.67. The topological polar surface area (TPSA) is 76.0 Å². The largest absolute Gasteiger partial charge is 0.392 e. The molecule has 0 saturated carbocycles. The number of ether oxygens (including phenoxy) is 1. The summed E-state index contributed by atoms with van der Waals surface area (Å²) in [5, 5.41) is 11.2. The van der Waals surface area contributed by atoms with Gasteiger partial charge in [0, 0.05) is 48.1 Å². The van der Waals surface area contributed by atoms with E-state index < -0.39 is 0 Å². The number of aliphatic hydroxyl groups excluding tert-OH is 1. The lowest BCUT2D eigenvalue weighted by Crippen LogP contribution is -2.50. The van der Waals surface area contributed by atoms with Crippen LogP contribution in [0.4, 0.5) is 5.82 Å². The normalized spacial score (nSPS) is 23.2. The van der Waals surface area contributed by atoms with E-state index in [9.17, 15) is 5.11 Å². The number of fused-ring (bicyclic) bond motifs is 1. The minimum atomic E-state index is -0.122. The molecule has 6 nitrogen and oxygen atoms in total. The highest BCUT2D eigenvalue weighted by Gasteiger charge is 2.47. The fourth-order valence-electron chi connectivity index (χ4n) is 5.13. The number of piperidine rings is 1. The molecule has 2 aliphatic heterocycles. The van der Waals surface area contributed by atoms with Gasteiger partial charge in [-0.2, -0.15) is 0 Å². The van der Waals surface area contributed by atoms with Crippen LogP contribution in [0.5, 0.6) is 0 Å². The van der Waals surface area contributed by atoms with E-state index in [1.165, 1.54) is 0 Å². The van der Waals surface area contributed by atoms with Crippen LogP contribution in [0.1, 0.15) is 25.3 Å². The van der Waals surface area contributed by atoms with Crippen LogP contribution in [0.25, 0.3) is 16.8 Å². The Morgan fingerprint density at radius 2 is 2.06 bits per heavy atom. The fourth-order valence-corrected chi connectivity index (χ4v) is 5.52. The molecular formula is C23H26Cl2N4O2. The van der Waals surface area contributed by atoms with Crippen molar-refractivity contribution in [2.24, 2.45) is 11.1 Å². The van der Waals surface area contributed by atoms with E-state index in [4.69, 9.17) is 33.7 Å². The molecule has 1 aromatic carbocycles. The van der Waals surface area contributed by atoms with Gasteiger partial charge in [0.15, 0.2) is 0 Å². The zero-order valence-corrected chi connectivity index (χ0v) is 18.9. The minimum Gasteiger partial charge on any atom is -0.392 e. The highest BCUT2D eigenvalue weighted by molar-refractivity contribution is 6.43. The number of anilines is 1. The van der Waals surface area contributed by atoms with E-state index in [1.54, 1.807) is 12.3 Å². The summed E-state index contributed by atoms with van der Waals surface area (Å²) in [6.45, 7) is 4.42. The van der Waals surface area contributed by atoms with Crippen LogP contribution in [-0.4, -0.2) is 46.3 Å². The smallest absolute Gasteiger partial charge is 0.146 e. The maximum Gasteiger partial charge on any atom is 0.146 e. The zero-order chi connectivity index (χ0) is 21.8. The van der Waals surface area contributed by atoms with Gasteiger partial charge < -0.3 is 20.5 Å². The van der Waals surface area contributed by atoms with Gasteiger partial charge in [-0.3, -0.25) is 4.40 Å². The average molecular weight is 461 g/mol. The number of hydrogen-bond acceptors (Lipinski definition) is 5. The van der Waals surface area contributed by atoms with E-state index in [1.807, 2.05) is 24.4 Å². The Hall–Kier alpha value is -1.83. The molecule has 4 heterocycles. The Morgan fingerprint density at radius 1 is 1.29 bits per heavy atom. The Morgan fingerprint density at radius 3 is 2.74 bits per heavy atom. The molecule has 2 aliphatic rings. The molecule has 2 fully saturated rings. The van der Waals surface area contributed by atoms with Crippen LogP contribution in [0, 0.1) is 5.41 Å². The monoisotopic (exact) mass is 460 g/mol. The molecule has 2 aromatic heterocycles. The molecular weight excluding hydrogens is 435 g/mol. The summed E-state index contributed by atoms with van der Waals surface area (Å²) < 4.78 is 7.93. The number of imidazole rings is 1.